The minimum Gasteiger partial charge on any atom is -0.396 e. The summed E-state index contributed by atoms with van der Waals surface area (Å²) in [7, 11) is 0. The Hall–Kier alpha value is -0.570. The van der Waals surface area contributed by atoms with Gasteiger partial charge in [0.25, 0.3) is 0 Å². The summed E-state index contributed by atoms with van der Waals surface area (Å²) in [6.45, 7) is 5.86. The first kappa shape index (κ1) is 11.4. The van der Waals surface area contributed by atoms with E-state index in [0.717, 1.165) is 10.0 Å². The van der Waals surface area contributed by atoms with E-state index in [2.05, 4.69) is 15.9 Å². The van der Waals surface area contributed by atoms with Crippen molar-refractivity contribution in [1.29, 1.82) is 0 Å². The largest absolute Gasteiger partial charge is 0.396 e. The standard InChI is InChI=1S/C7H7BrFN.C2H6/c1-4-2-7(10)6(9)3-5(4)8;1-2/h2-3H,10H2,1H3;1-2H3. The molecule has 0 spiro atoms. The van der Waals surface area contributed by atoms with E-state index < -0.39 is 0 Å². The average molecular weight is 234 g/mol. The number of anilines is 1. The molecule has 68 valence electrons. The second-order valence-electron chi connectivity index (χ2n) is 2.12. The quantitative estimate of drug-likeness (QED) is 0.683. The summed E-state index contributed by atoms with van der Waals surface area (Å²) in [4.78, 5) is 0. The van der Waals surface area contributed by atoms with Gasteiger partial charge in [-0.15, -0.1) is 0 Å². The molecule has 3 heteroatoms. The van der Waals surface area contributed by atoms with Gasteiger partial charge in [0.15, 0.2) is 0 Å². The van der Waals surface area contributed by atoms with Crippen molar-refractivity contribution in [3.05, 3.63) is 28.0 Å². The zero-order chi connectivity index (χ0) is 9.72. The zero-order valence-corrected chi connectivity index (χ0v) is 9.07. The number of aryl methyl sites for hydroxylation is 1. The van der Waals surface area contributed by atoms with E-state index in [4.69, 9.17) is 5.73 Å². The van der Waals surface area contributed by atoms with Crippen molar-refractivity contribution in [2.75, 3.05) is 5.73 Å². The van der Waals surface area contributed by atoms with Gasteiger partial charge >= 0.3 is 0 Å². The van der Waals surface area contributed by atoms with Crippen LogP contribution in [0.5, 0.6) is 0 Å². The van der Waals surface area contributed by atoms with E-state index >= 15 is 0 Å². The molecule has 0 fully saturated rings. The molecule has 0 aliphatic heterocycles. The second kappa shape index (κ2) is 5.14. The number of halogens is 2. The van der Waals surface area contributed by atoms with Crippen LogP contribution in [0.2, 0.25) is 0 Å². The zero-order valence-electron chi connectivity index (χ0n) is 7.49. The maximum atomic E-state index is 12.6. The van der Waals surface area contributed by atoms with E-state index in [1.165, 1.54) is 6.07 Å². The van der Waals surface area contributed by atoms with Crippen molar-refractivity contribution in [1.82, 2.24) is 0 Å². The van der Waals surface area contributed by atoms with Crippen LogP contribution in [0, 0.1) is 12.7 Å². The smallest absolute Gasteiger partial charge is 0.147 e. The van der Waals surface area contributed by atoms with Crippen LogP contribution >= 0.6 is 15.9 Å². The molecule has 0 heterocycles. The number of benzene rings is 1. The highest BCUT2D eigenvalue weighted by Gasteiger charge is 2.00. The first-order chi connectivity index (χ1) is 5.61. The first-order valence-electron chi connectivity index (χ1n) is 3.82. The van der Waals surface area contributed by atoms with Crippen molar-refractivity contribution in [3.63, 3.8) is 0 Å². The lowest BCUT2D eigenvalue weighted by atomic mass is 10.2. The minimum atomic E-state index is -0.377. The van der Waals surface area contributed by atoms with Crippen LogP contribution in [-0.2, 0) is 0 Å². The molecule has 0 saturated heterocycles. The van der Waals surface area contributed by atoms with Gasteiger partial charge in [-0.3, -0.25) is 0 Å². The molecular formula is C9H13BrFN. The monoisotopic (exact) mass is 233 g/mol. The van der Waals surface area contributed by atoms with Crippen LogP contribution in [0.15, 0.2) is 16.6 Å². The fourth-order valence-electron chi connectivity index (χ4n) is 0.680. The summed E-state index contributed by atoms with van der Waals surface area (Å²) in [6.07, 6.45) is 0. The Bertz CT molecular complexity index is 211. The van der Waals surface area contributed by atoms with E-state index in [1.54, 1.807) is 6.07 Å². The summed E-state index contributed by atoms with van der Waals surface area (Å²) in [6, 6.07) is 2.96. The highest BCUT2D eigenvalue weighted by atomic mass is 79.9. The van der Waals surface area contributed by atoms with Crippen LogP contribution < -0.4 is 5.73 Å². The third-order valence-electron chi connectivity index (χ3n) is 1.28. The first-order valence-corrected chi connectivity index (χ1v) is 4.61. The van der Waals surface area contributed by atoms with Gasteiger partial charge < -0.3 is 5.73 Å². The Kier molecular flexibility index (Phi) is 4.90. The summed E-state index contributed by atoms with van der Waals surface area (Å²) in [5, 5.41) is 0. The molecule has 0 saturated carbocycles. The summed E-state index contributed by atoms with van der Waals surface area (Å²) in [5.41, 5.74) is 6.43. The van der Waals surface area contributed by atoms with Crippen LogP contribution in [-0.4, -0.2) is 0 Å². The number of nitrogens with two attached hydrogens (primary N) is 1. The van der Waals surface area contributed by atoms with Crippen molar-refractivity contribution < 1.29 is 4.39 Å². The molecular weight excluding hydrogens is 221 g/mol. The summed E-state index contributed by atoms with van der Waals surface area (Å²) in [5.74, 6) is -0.377. The van der Waals surface area contributed by atoms with Gasteiger partial charge in [-0.05, 0) is 24.6 Å². The van der Waals surface area contributed by atoms with Gasteiger partial charge in [-0.2, -0.15) is 0 Å². The third-order valence-corrected chi connectivity index (χ3v) is 2.13. The maximum Gasteiger partial charge on any atom is 0.147 e. The van der Waals surface area contributed by atoms with Gasteiger partial charge in [0, 0.05) is 4.47 Å². The van der Waals surface area contributed by atoms with Crippen LogP contribution in [0.1, 0.15) is 19.4 Å². The van der Waals surface area contributed by atoms with Gasteiger partial charge in [-0.25, -0.2) is 4.39 Å². The molecule has 2 N–H and O–H groups in total. The lowest BCUT2D eigenvalue weighted by molar-refractivity contribution is 0.631. The minimum absolute atomic E-state index is 0.195. The van der Waals surface area contributed by atoms with Crippen molar-refractivity contribution in [2.24, 2.45) is 0 Å². The topological polar surface area (TPSA) is 26.0 Å². The Morgan fingerprint density at radius 1 is 1.33 bits per heavy atom. The Morgan fingerprint density at radius 3 is 2.25 bits per heavy atom. The highest BCUT2D eigenvalue weighted by Crippen LogP contribution is 2.21. The summed E-state index contributed by atoms with van der Waals surface area (Å²) >= 11 is 3.18. The fraction of sp³-hybridized carbons (Fsp3) is 0.333. The average Bonchev–Trinajstić information content (AvgIpc) is 2.05. The molecule has 0 radical (unpaired) electrons. The predicted molar refractivity (Wildman–Crippen MR) is 54.6 cm³/mol. The second-order valence-corrected chi connectivity index (χ2v) is 2.98. The van der Waals surface area contributed by atoms with E-state index in [-0.39, 0.29) is 11.5 Å². The van der Waals surface area contributed by atoms with Gasteiger partial charge in [0.1, 0.15) is 5.82 Å². The lowest BCUT2D eigenvalue weighted by Crippen LogP contribution is -1.91. The Labute approximate surface area is 80.9 Å². The third kappa shape index (κ3) is 2.81. The predicted octanol–water partition coefficient (Wildman–Crippen LogP) is 3.51. The van der Waals surface area contributed by atoms with Gasteiger partial charge in [-0.1, -0.05) is 29.8 Å². The fourth-order valence-corrected chi connectivity index (χ4v) is 0.995. The Balaban J connectivity index is 0.000000561. The number of hydrogen-bond donors (Lipinski definition) is 1. The molecule has 12 heavy (non-hydrogen) atoms. The van der Waals surface area contributed by atoms with E-state index in [0.29, 0.717) is 0 Å². The molecule has 1 aromatic rings. The molecule has 0 bridgehead atoms. The molecule has 1 aromatic carbocycles. The van der Waals surface area contributed by atoms with Crippen LogP contribution in [0.3, 0.4) is 0 Å². The molecule has 1 nitrogen and oxygen atoms in total. The molecule has 0 aromatic heterocycles. The van der Waals surface area contributed by atoms with Gasteiger partial charge in [0.05, 0.1) is 5.69 Å². The molecule has 0 aliphatic carbocycles. The Morgan fingerprint density at radius 2 is 1.83 bits per heavy atom. The van der Waals surface area contributed by atoms with E-state index in [1.807, 2.05) is 20.8 Å². The van der Waals surface area contributed by atoms with E-state index in [9.17, 15) is 4.39 Å². The maximum absolute atomic E-state index is 12.6. The number of rotatable bonds is 0. The molecule has 0 unspecified atom stereocenters. The normalized spacial score (nSPS) is 8.75. The molecule has 0 amide bonds. The molecule has 1 rings (SSSR count). The lowest BCUT2D eigenvalue weighted by Gasteiger charge is -1.99. The number of hydrogen-bond acceptors (Lipinski definition) is 1. The number of nitrogen functional groups attached to an aromatic ring is 1. The molecule has 0 aliphatic rings. The van der Waals surface area contributed by atoms with Gasteiger partial charge in [0.2, 0.25) is 0 Å². The van der Waals surface area contributed by atoms with Crippen molar-refractivity contribution in [3.8, 4) is 0 Å². The summed E-state index contributed by atoms with van der Waals surface area (Å²) < 4.78 is 13.4. The van der Waals surface area contributed by atoms with Crippen molar-refractivity contribution >= 4 is 21.6 Å². The SMILES string of the molecule is CC.Cc1cc(N)c(F)cc1Br. The highest BCUT2D eigenvalue weighted by molar-refractivity contribution is 9.10. The van der Waals surface area contributed by atoms with Crippen LogP contribution in [0.4, 0.5) is 10.1 Å². The van der Waals surface area contributed by atoms with Crippen molar-refractivity contribution in [2.45, 2.75) is 20.8 Å². The molecule has 0 atom stereocenters. The van der Waals surface area contributed by atoms with Crippen LogP contribution in [0.25, 0.3) is 0 Å².